The summed E-state index contributed by atoms with van der Waals surface area (Å²) in [5, 5.41) is 0.670. The molecule has 0 fully saturated rings. The summed E-state index contributed by atoms with van der Waals surface area (Å²) >= 11 is 5.87. The number of benzene rings is 2. The van der Waals surface area contributed by atoms with Crippen molar-refractivity contribution in [2.75, 3.05) is 7.05 Å². The SMILES string of the molecule is CN(Cc1ccc(Cl)cc1)C(=O)CCc1ncc(-c2ccc(F)cc2)o1. The van der Waals surface area contributed by atoms with E-state index in [1.165, 1.54) is 12.1 Å². The molecule has 3 aromatic rings. The summed E-state index contributed by atoms with van der Waals surface area (Å²) in [5.74, 6) is 0.740. The molecular weight excluding hydrogens is 355 g/mol. The van der Waals surface area contributed by atoms with Gasteiger partial charge in [0.15, 0.2) is 11.7 Å². The minimum atomic E-state index is -0.303. The lowest BCUT2D eigenvalue weighted by atomic mass is 10.2. The van der Waals surface area contributed by atoms with Crippen molar-refractivity contribution in [3.63, 3.8) is 0 Å². The normalized spacial score (nSPS) is 10.7. The lowest BCUT2D eigenvalue weighted by molar-refractivity contribution is -0.130. The Bertz CT molecular complexity index is 876. The van der Waals surface area contributed by atoms with E-state index < -0.39 is 0 Å². The van der Waals surface area contributed by atoms with E-state index in [1.807, 2.05) is 12.1 Å². The quantitative estimate of drug-likeness (QED) is 0.628. The Balaban J connectivity index is 1.54. The Hall–Kier alpha value is -2.66. The van der Waals surface area contributed by atoms with Gasteiger partial charge in [-0.05, 0) is 42.0 Å². The maximum Gasteiger partial charge on any atom is 0.223 e. The topological polar surface area (TPSA) is 46.3 Å². The van der Waals surface area contributed by atoms with Crippen LogP contribution in [0.15, 0.2) is 59.1 Å². The van der Waals surface area contributed by atoms with E-state index in [4.69, 9.17) is 16.0 Å². The van der Waals surface area contributed by atoms with Gasteiger partial charge in [-0.15, -0.1) is 0 Å². The summed E-state index contributed by atoms with van der Waals surface area (Å²) in [6, 6.07) is 13.4. The van der Waals surface area contributed by atoms with Gasteiger partial charge in [-0.25, -0.2) is 9.37 Å². The van der Waals surface area contributed by atoms with E-state index >= 15 is 0 Å². The van der Waals surface area contributed by atoms with Crippen LogP contribution in [0.1, 0.15) is 17.9 Å². The Kier molecular flexibility index (Phi) is 5.68. The van der Waals surface area contributed by atoms with Crippen LogP contribution >= 0.6 is 11.6 Å². The van der Waals surface area contributed by atoms with Gasteiger partial charge in [-0.3, -0.25) is 4.79 Å². The fourth-order valence-corrected chi connectivity index (χ4v) is 2.66. The van der Waals surface area contributed by atoms with Crippen molar-refractivity contribution in [2.45, 2.75) is 19.4 Å². The van der Waals surface area contributed by atoms with Crippen molar-refractivity contribution >= 4 is 17.5 Å². The number of rotatable bonds is 6. The molecule has 134 valence electrons. The number of hydrogen-bond acceptors (Lipinski definition) is 3. The molecule has 0 bridgehead atoms. The molecule has 0 aliphatic carbocycles. The zero-order valence-corrected chi connectivity index (χ0v) is 15.0. The molecule has 0 spiro atoms. The second kappa shape index (κ2) is 8.15. The van der Waals surface area contributed by atoms with Crippen molar-refractivity contribution in [2.24, 2.45) is 0 Å². The van der Waals surface area contributed by atoms with Crippen molar-refractivity contribution in [1.82, 2.24) is 9.88 Å². The van der Waals surface area contributed by atoms with Gasteiger partial charge in [0.05, 0.1) is 6.20 Å². The van der Waals surface area contributed by atoms with Gasteiger partial charge in [-0.1, -0.05) is 23.7 Å². The summed E-state index contributed by atoms with van der Waals surface area (Å²) in [7, 11) is 1.76. The second-order valence-corrected chi connectivity index (χ2v) is 6.44. The van der Waals surface area contributed by atoms with Crippen LogP contribution in [0.25, 0.3) is 11.3 Å². The number of nitrogens with zero attached hydrogens (tertiary/aromatic N) is 2. The fraction of sp³-hybridized carbons (Fsp3) is 0.200. The van der Waals surface area contributed by atoms with Gasteiger partial charge in [0.2, 0.25) is 5.91 Å². The molecule has 6 heteroatoms. The highest BCUT2D eigenvalue weighted by Crippen LogP contribution is 2.21. The lowest BCUT2D eigenvalue weighted by Crippen LogP contribution is -2.26. The number of oxazole rings is 1. The average Bonchev–Trinajstić information content (AvgIpc) is 3.11. The van der Waals surface area contributed by atoms with E-state index in [0.29, 0.717) is 36.1 Å². The van der Waals surface area contributed by atoms with Crippen LogP contribution in [0.3, 0.4) is 0 Å². The summed E-state index contributed by atoms with van der Waals surface area (Å²) in [6.45, 7) is 0.516. The molecule has 1 aromatic heterocycles. The number of carbonyl (C=O) groups excluding carboxylic acids is 1. The Morgan fingerprint density at radius 3 is 2.54 bits per heavy atom. The first-order chi connectivity index (χ1) is 12.5. The molecule has 0 saturated carbocycles. The predicted octanol–water partition coefficient (Wildman–Crippen LogP) is 4.73. The third kappa shape index (κ3) is 4.70. The highest BCUT2D eigenvalue weighted by molar-refractivity contribution is 6.30. The maximum absolute atomic E-state index is 13.0. The van der Waals surface area contributed by atoms with Crippen LogP contribution in [0, 0.1) is 5.82 Å². The molecule has 0 N–H and O–H groups in total. The van der Waals surface area contributed by atoms with Gasteiger partial charge in [0, 0.05) is 37.0 Å². The summed E-state index contributed by atoms with van der Waals surface area (Å²) < 4.78 is 18.6. The average molecular weight is 373 g/mol. The summed E-state index contributed by atoms with van der Waals surface area (Å²) in [5.41, 5.74) is 1.76. The number of hydrogen-bond donors (Lipinski definition) is 0. The monoisotopic (exact) mass is 372 g/mol. The van der Waals surface area contributed by atoms with Crippen LogP contribution in [0.2, 0.25) is 5.02 Å². The van der Waals surface area contributed by atoms with Crippen LogP contribution in [0.5, 0.6) is 0 Å². The summed E-state index contributed by atoms with van der Waals surface area (Å²) in [6.07, 6.45) is 2.29. The molecule has 4 nitrogen and oxygen atoms in total. The van der Waals surface area contributed by atoms with E-state index in [1.54, 1.807) is 42.4 Å². The first-order valence-electron chi connectivity index (χ1n) is 8.20. The molecule has 1 heterocycles. The van der Waals surface area contributed by atoms with Crippen LogP contribution < -0.4 is 0 Å². The Morgan fingerprint density at radius 1 is 1.15 bits per heavy atom. The number of amides is 1. The molecule has 0 unspecified atom stereocenters. The number of aryl methyl sites for hydroxylation is 1. The highest BCUT2D eigenvalue weighted by atomic mass is 35.5. The molecule has 26 heavy (non-hydrogen) atoms. The number of aromatic nitrogens is 1. The van der Waals surface area contributed by atoms with Crippen molar-refractivity contribution in [1.29, 1.82) is 0 Å². The smallest absolute Gasteiger partial charge is 0.223 e. The third-order valence-corrected chi connectivity index (χ3v) is 4.25. The molecule has 0 aliphatic rings. The summed E-state index contributed by atoms with van der Waals surface area (Å²) in [4.78, 5) is 18.1. The predicted molar refractivity (Wildman–Crippen MR) is 98.1 cm³/mol. The van der Waals surface area contributed by atoms with Crippen LogP contribution in [0.4, 0.5) is 4.39 Å². The second-order valence-electron chi connectivity index (χ2n) is 6.00. The van der Waals surface area contributed by atoms with Crippen molar-refractivity contribution in [3.8, 4) is 11.3 Å². The van der Waals surface area contributed by atoms with E-state index in [-0.39, 0.29) is 11.7 Å². The van der Waals surface area contributed by atoms with Gasteiger partial charge in [0.1, 0.15) is 5.82 Å². The third-order valence-electron chi connectivity index (χ3n) is 3.99. The Labute approximate surface area is 156 Å². The van der Waals surface area contributed by atoms with E-state index in [9.17, 15) is 9.18 Å². The molecule has 2 aromatic carbocycles. The van der Waals surface area contributed by atoms with E-state index in [0.717, 1.165) is 11.1 Å². The molecule has 0 aliphatic heterocycles. The van der Waals surface area contributed by atoms with Gasteiger partial charge in [0.25, 0.3) is 0 Å². The zero-order chi connectivity index (χ0) is 18.5. The molecule has 0 saturated heterocycles. The molecule has 1 amide bonds. The molecule has 3 rings (SSSR count). The van der Waals surface area contributed by atoms with E-state index in [2.05, 4.69) is 4.98 Å². The number of carbonyl (C=O) groups is 1. The van der Waals surface area contributed by atoms with Crippen LogP contribution in [-0.4, -0.2) is 22.8 Å². The number of halogens is 2. The molecule has 0 atom stereocenters. The van der Waals surface area contributed by atoms with Gasteiger partial charge < -0.3 is 9.32 Å². The highest BCUT2D eigenvalue weighted by Gasteiger charge is 2.12. The minimum Gasteiger partial charge on any atom is -0.441 e. The molecule has 0 radical (unpaired) electrons. The fourth-order valence-electron chi connectivity index (χ4n) is 2.53. The zero-order valence-electron chi connectivity index (χ0n) is 14.3. The lowest BCUT2D eigenvalue weighted by Gasteiger charge is -2.17. The Morgan fingerprint density at radius 2 is 1.85 bits per heavy atom. The first kappa shape index (κ1) is 18.1. The van der Waals surface area contributed by atoms with Gasteiger partial charge in [-0.2, -0.15) is 0 Å². The maximum atomic E-state index is 13.0. The minimum absolute atomic E-state index is 0.00137. The van der Waals surface area contributed by atoms with Crippen molar-refractivity contribution < 1.29 is 13.6 Å². The molecular formula is C20H18ClFN2O2. The first-order valence-corrected chi connectivity index (χ1v) is 8.58. The van der Waals surface area contributed by atoms with Crippen LogP contribution in [-0.2, 0) is 17.8 Å². The van der Waals surface area contributed by atoms with Crippen molar-refractivity contribution in [3.05, 3.63) is 77.0 Å². The standard InChI is InChI=1S/C20H18ClFN2O2/c1-24(13-14-2-6-16(21)7-3-14)20(25)11-10-19-23-12-18(26-19)15-4-8-17(22)9-5-15/h2-9,12H,10-11,13H2,1H3. The van der Waals surface area contributed by atoms with Gasteiger partial charge >= 0.3 is 0 Å². The largest absolute Gasteiger partial charge is 0.441 e.